The number of nitrogens with zero attached hydrogens (tertiary/aromatic N) is 3. The van der Waals surface area contributed by atoms with Crippen molar-refractivity contribution >= 4 is 38.3 Å². The van der Waals surface area contributed by atoms with Gasteiger partial charge in [0.2, 0.25) is 0 Å². The maximum Gasteiger partial charge on any atom is 0.260 e. The van der Waals surface area contributed by atoms with Crippen molar-refractivity contribution in [3.63, 3.8) is 0 Å². The Labute approximate surface area is 170 Å². The summed E-state index contributed by atoms with van der Waals surface area (Å²) in [5, 5.41) is 0.714. The highest BCUT2D eigenvalue weighted by Crippen LogP contribution is 2.32. The molecule has 0 aliphatic heterocycles. The van der Waals surface area contributed by atoms with Crippen LogP contribution in [0.1, 0.15) is 10.4 Å². The van der Waals surface area contributed by atoms with E-state index in [0.29, 0.717) is 17.2 Å². The van der Waals surface area contributed by atoms with Crippen molar-refractivity contribution in [3.8, 4) is 5.75 Å². The number of carbonyl (C=O) groups excluding carboxylic acids is 1. The minimum atomic E-state index is -0.0300. The predicted molar refractivity (Wildman–Crippen MR) is 116 cm³/mol. The molecule has 28 heavy (non-hydrogen) atoms. The smallest absolute Gasteiger partial charge is 0.260 e. The van der Waals surface area contributed by atoms with E-state index in [1.54, 1.807) is 12.0 Å². The highest BCUT2D eigenvalue weighted by atomic mass is 32.1. The lowest BCUT2D eigenvalue weighted by molar-refractivity contribution is -0.856. The van der Waals surface area contributed by atoms with Crippen molar-refractivity contribution in [1.29, 1.82) is 0 Å². The number of rotatable bonds is 7. The van der Waals surface area contributed by atoms with Crippen LogP contribution in [0.15, 0.2) is 42.5 Å². The molecule has 2 aromatic carbocycles. The molecule has 0 radical (unpaired) electrons. The average Bonchev–Trinajstić information content (AvgIpc) is 3.10. The van der Waals surface area contributed by atoms with Crippen molar-refractivity contribution in [3.05, 3.63) is 48.0 Å². The fraction of sp³-hybridized carbons (Fsp3) is 0.333. The summed E-state index contributed by atoms with van der Waals surface area (Å²) in [5.41, 5.74) is 2.57. The fourth-order valence-electron chi connectivity index (χ4n) is 2.81. The molecule has 1 N–H and O–H groups in total. The summed E-state index contributed by atoms with van der Waals surface area (Å²) in [5.74, 6) is 0.733. The first-order valence-corrected chi connectivity index (χ1v) is 10.0. The van der Waals surface area contributed by atoms with Gasteiger partial charge in [-0.2, -0.15) is 0 Å². The van der Waals surface area contributed by atoms with Crippen molar-refractivity contribution in [2.24, 2.45) is 0 Å². The number of nitrogens with one attached hydrogen (secondary N) is 1. The minimum Gasteiger partial charge on any atom is -0.497 e. The molecule has 0 aliphatic rings. The minimum absolute atomic E-state index is 0.0300. The first-order chi connectivity index (χ1) is 13.4. The van der Waals surface area contributed by atoms with Gasteiger partial charge in [0.05, 0.1) is 44.5 Å². The molecule has 0 saturated heterocycles. The third-order valence-corrected chi connectivity index (χ3v) is 5.58. The number of ether oxygens (including phenoxy) is 1. The van der Waals surface area contributed by atoms with E-state index in [4.69, 9.17) is 9.72 Å². The van der Waals surface area contributed by atoms with Crippen molar-refractivity contribution in [1.82, 2.24) is 4.98 Å². The molecule has 0 aliphatic carbocycles. The van der Waals surface area contributed by atoms with Crippen LogP contribution in [-0.4, -0.2) is 59.3 Å². The Hall–Kier alpha value is -2.64. The number of thiazole rings is 1. The van der Waals surface area contributed by atoms with Gasteiger partial charge in [-0.15, -0.1) is 0 Å². The van der Waals surface area contributed by atoms with E-state index >= 15 is 0 Å². The molecular weight excluding hydrogens is 372 g/mol. The standard InChI is InChI=1S/C21H26N4O2S/c1-23(2)12-13-25(20(26)15-6-8-16(9-7-15)24(3)4)21-22-18-14-17(27-5)10-11-19(18)28-21/h6-11,14H,12-13H2,1-5H3/p+1. The van der Waals surface area contributed by atoms with Crippen molar-refractivity contribution in [2.45, 2.75) is 0 Å². The number of benzene rings is 2. The van der Waals surface area contributed by atoms with Crippen LogP contribution in [0, 0.1) is 0 Å². The highest BCUT2D eigenvalue weighted by molar-refractivity contribution is 7.22. The van der Waals surface area contributed by atoms with Crippen molar-refractivity contribution < 1.29 is 14.4 Å². The third-order valence-electron chi connectivity index (χ3n) is 4.53. The summed E-state index contributed by atoms with van der Waals surface area (Å²) >= 11 is 1.53. The molecule has 0 bridgehead atoms. The molecule has 1 amide bonds. The Bertz CT molecular complexity index is 951. The van der Waals surface area contributed by atoms with E-state index in [-0.39, 0.29) is 5.91 Å². The Kier molecular flexibility index (Phi) is 6.16. The first-order valence-electron chi connectivity index (χ1n) is 9.22. The van der Waals surface area contributed by atoms with E-state index < -0.39 is 0 Å². The Morgan fingerprint density at radius 1 is 1.14 bits per heavy atom. The fourth-order valence-corrected chi connectivity index (χ4v) is 3.79. The number of aromatic nitrogens is 1. The van der Waals surface area contributed by atoms with Crippen LogP contribution in [-0.2, 0) is 0 Å². The quantitative estimate of drug-likeness (QED) is 0.662. The number of likely N-dealkylation sites (N-methyl/N-ethyl adjacent to an activating group) is 1. The summed E-state index contributed by atoms with van der Waals surface area (Å²) < 4.78 is 6.33. The van der Waals surface area contributed by atoms with E-state index in [0.717, 1.165) is 28.2 Å². The zero-order valence-electron chi connectivity index (χ0n) is 17.0. The third kappa shape index (κ3) is 4.43. The molecule has 0 fully saturated rings. The highest BCUT2D eigenvalue weighted by Gasteiger charge is 2.22. The molecule has 7 heteroatoms. The molecule has 6 nitrogen and oxygen atoms in total. The number of fused-ring (bicyclic) bond motifs is 1. The average molecular weight is 400 g/mol. The van der Waals surface area contributed by atoms with Gasteiger partial charge < -0.3 is 14.5 Å². The monoisotopic (exact) mass is 399 g/mol. The predicted octanol–water partition coefficient (Wildman–Crippen LogP) is 2.16. The van der Waals surface area contributed by atoms with Crippen LogP contribution < -0.4 is 19.4 Å². The number of anilines is 2. The second kappa shape index (κ2) is 8.58. The van der Waals surface area contributed by atoms with Crippen LogP contribution in [0.3, 0.4) is 0 Å². The summed E-state index contributed by atoms with van der Waals surface area (Å²) in [4.78, 5) is 23.1. The molecule has 0 saturated carbocycles. The molecule has 0 unspecified atom stereocenters. The number of hydrogen-bond acceptors (Lipinski definition) is 5. The number of amides is 1. The molecule has 0 spiro atoms. The normalized spacial score (nSPS) is 11.1. The topological polar surface area (TPSA) is 50.1 Å². The van der Waals surface area contributed by atoms with Crippen LogP contribution in [0.4, 0.5) is 10.8 Å². The number of quaternary nitrogens is 1. The summed E-state index contributed by atoms with van der Waals surface area (Å²) in [6.45, 7) is 1.44. The molecule has 1 aromatic heterocycles. The first kappa shape index (κ1) is 20.1. The van der Waals surface area contributed by atoms with Crippen LogP contribution >= 0.6 is 11.3 Å². The van der Waals surface area contributed by atoms with Gasteiger partial charge in [0.1, 0.15) is 5.75 Å². The Balaban J connectivity index is 1.94. The zero-order valence-corrected chi connectivity index (χ0v) is 17.8. The molecule has 148 valence electrons. The molecule has 3 aromatic rings. The van der Waals surface area contributed by atoms with E-state index in [2.05, 4.69) is 14.1 Å². The lowest BCUT2D eigenvalue weighted by Crippen LogP contribution is -3.06. The van der Waals surface area contributed by atoms with E-state index in [1.165, 1.54) is 16.2 Å². The molecular formula is C21H27N4O2S+. The maximum absolute atomic E-state index is 13.3. The van der Waals surface area contributed by atoms with Crippen LogP contribution in [0.5, 0.6) is 5.75 Å². The van der Waals surface area contributed by atoms with Gasteiger partial charge >= 0.3 is 0 Å². The largest absolute Gasteiger partial charge is 0.497 e. The zero-order chi connectivity index (χ0) is 20.3. The number of carbonyl (C=O) groups is 1. The lowest BCUT2D eigenvalue weighted by Gasteiger charge is -2.21. The van der Waals surface area contributed by atoms with Gasteiger partial charge in [-0.1, -0.05) is 11.3 Å². The van der Waals surface area contributed by atoms with Crippen LogP contribution in [0.2, 0.25) is 0 Å². The second-order valence-corrected chi connectivity index (χ2v) is 8.19. The van der Waals surface area contributed by atoms with E-state index in [1.807, 2.05) is 61.5 Å². The second-order valence-electron chi connectivity index (χ2n) is 7.19. The van der Waals surface area contributed by atoms with Gasteiger partial charge in [-0.25, -0.2) is 4.98 Å². The Morgan fingerprint density at radius 2 is 1.86 bits per heavy atom. The van der Waals surface area contributed by atoms with Gasteiger partial charge in [0.25, 0.3) is 5.91 Å². The molecule has 1 heterocycles. The Morgan fingerprint density at radius 3 is 2.46 bits per heavy atom. The summed E-state index contributed by atoms with van der Waals surface area (Å²) in [7, 11) is 9.77. The number of hydrogen-bond donors (Lipinski definition) is 1. The maximum atomic E-state index is 13.3. The van der Waals surface area contributed by atoms with Crippen LogP contribution in [0.25, 0.3) is 10.2 Å². The lowest BCUT2D eigenvalue weighted by atomic mass is 10.1. The summed E-state index contributed by atoms with van der Waals surface area (Å²) in [6, 6.07) is 13.5. The SMILES string of the molecule is COc1ccc2sc(N(CC[NH+](C)C)C(=O)c3ccc(N(C)C)cc3)nc2c1. The van der Waals surface area contributed by atoms with Gasteiger partial charge in [-0.05, 0) is 36.4 Å². The van der Waals surface area contributed by atoms with E-state index in [9.17, 15) is 4.79 Å². The molecule has 3 rings (SSSR count). The molecule has 0 atom stereocenters. The summed E-state index contributed by atoms with van der Waals surface area (Å²) in [6.07, 6.45) is 0. The van der Waals surface area contributed by atoms with Gasteiger partial charge in [0, 0.05) is 31.4 Å². The van der Waals surface area contributed by atoms with Gasteiger partial charge in [-0.3, -0.25) is 9.69 Å². The number of methoxy groups -OCH3 is 1. The van der Waals surface area contributed by atoms with Gasteiger partial charge in [0.15, 0.2) is 5.13 Å². The van der Waals surface area contributed by atoms with Crippen molar-refractivity contribution in [2.75, 3.05) is 58.2 Å².